The first-order chi connectivity index (χ1) is 13.6. The Labute approximate surface area is 172 Å². The number of aryl methyl sites for hydroxylation is 4. The SMILES string of the molecule is CC=Nc1cc(C)c(Cc2nc(-c3ccc4c(c3)CCCCC4)cs2)cc1C. The van der Waals surface area contributed by atoms with Crippen LogP contribution in [0.4, 0.5) is 5.69 Å². The summed E-state index contributed by atoms with van der Waals surface area (Å²) in [5.74, 6) is 0. The van der Waals surface area contributed by atoms with Crippen LogP contribution in [0.25, 0.3) is 11.3 Å². The molecule has 0 aliphatic heterocycles. The van der Waals surface area contributed by atoms with Gasteiger partial charge in [-0.3, -0.25) is 4.99 Å². The molecule has 0 amide bonds. The molecule has 1 aromatic heterocycles. The summed E-state index contributed by atoms with van der Waals surface area (Å²) in [6, 6.07) is 11.4. The molecule has 1 aliphatic carbocycles. The van der Waals surface area contributed by atoms with Gasteiger partial charge in [0, 0.05) is 23.6 Å². The standard InChI is InChI=1S/C25H28N2S/c1-4-26-23-13-17(2)22(12-18(23)3)15-25-27-24(16-28-25)21-11-10-19-8-6-5-7-9-20(19)14-21/h4,10-14,16H,5-9,15H2,1-3H3. The Balaban J connectivity index is 1.57. The van der Waals surface area contributed by atoms with Crippen LogP contribution in [0.5, 0.6) is 0 Å². The number of aliphatic imine (C=N–C) groups is 1. The second-order valence-electron chi connectivity index (χ2n) is 7.80. The normalized spacial score (nSPS) is 14.2. The minimum atomic E-state index is 0.887. The number of aromatic nitrogens is 1. The quantitative estimate of drug-likeness (QED) is 0.348. The summed E-state index contributed by atoms with van der Waals surface area (Å²) in [6.07, 6.45) is 9.18. The summed E-state index contributed by atoms with van der Waals surface area (Å²) in [7, 11) is 0. The molecule has 3 heteroatoms. The molecule has 0 N–H and O–H groups in total. The Kier molecular flexibility index (Phi) is 5.72. The van der Waals surface area contributed by atoms with Crippen molar-refractivity contribution in [3.63, 3.8) is 0 Å². The minimum absolute atomic E-state index is 0.887. The first-order valence-corrected chi connectivity index (χ1v) is 11.2. The van der Waals surface area contributed by atoms with Crippen molar-refractivity contribution in [2.45, 2.75) is 59.3 Å². The maximum Gasteiger partial charge on any atom is 0.0976 e. The van der Waals surface area contributed by atoms with Crippen molar-refractivity contribution in [3.8, 4) is 11.3 Å². The lowest BCUT2D eigenvalue weighted by Crippen LogP contribution is -1.94. The number of rotatable bonds is 4. The number of fused-ring (bicyclic) bond motifs is 1. The van der Waals surface area contributed by atoms with Crippen LogP contribution in [0.1, 0.15) is 59.0 Å². The predicted molar refractivity (Wildman–Crippen MR) is 121 cm³/mol. The lowest BCUT2D eigenvalue weighted by Gasteiger charge is -2.09. The largest absolute Gasteiger partial charge is 0.261 e. The molecule has 0 spiro atoms. The second kappa shape index (κ2) is 8.40. The molecular formula is C25H28N2S. The monoisotopic (exact) mass is 388 g/mol. The molecule has 0 unspecified atom stereocenters. The van der Waals surface area contributed by atoms with Gasteiger partial charge in [-0.05, 0) is 86.4 Å². The van der Waals surface area contributed by atoms with Crippen molar-refractivity contribution in [2.75, 3.05) is 0 Å². The van der Waals surface area contributed by atoms with E-state index in [2.05, 4.69) is 54.6 Å². The molecule has 0 atom stereocenters. The van der Waals surface area contributed by atoms with Crippen molar-refractivity contribution in [2.24, 2.45) is 4.99 Å². The number of benzene rings is 2. The van der Waals surface area contributed by atoms with Gasteiger partial charge in [-0.2, -0.15) is 0 Å². The van der Waals surface area contributed by atoms with E-state index >= 15 is 0 Å². The van der Waals surface area contributed by atoms with Gasteiger partial charge in [0.2, 0.25) is 0 Å². The van der Waals surface area contributed by atoms with Crippen LogP contribution < -0.4 is 0 Å². The molecule has 0 saturated carbocycles. The fourth-order valence-corrected chi connectivity index (χ4v) is 4.91. The zero-order valence-corrected chi connectivity index (χ0v) is 17.9. The lowest BCUT2D eigenvalue weighted by molar-refractivity contribution is 0.711. The van der Waals surface area contributed by atoms with E-state index in [4.69, 9.17) is 4.98 Å². The zero-order valence-electron chi connectivity index (χ0n) is 17.1. The predicted octanol–water partition coefficient (Wildman–Crippen LogP) is 7.01. The van der Waals surface area contributed by atoms with Crippen molar-refractivity contribution >= 4 is 23.2 Å². The maximum absolute atomic E-state index is 4.97. The highest BCUT2D eigenvalue weighted by Crippen LogP contribution is 2.30. The van der Waals surface area contributed by atoms with E-state index in [0.29, 0.717) is 0 Å². The van der Waals surface area contributed by atoms with E-state index in [-0.39, 0.29) is 0 Å². The van der Waals surface area contributed by atoms with Gasteiger partial charge in [-0.25, -0.2) is 4.98 Å². The van der Waals surface area contributed by atoms with Gasteiger partial charge in [-0.1, -0.05) is 24.6 Å². The molecule has 0 fully saturated rings. The number of thiazole rings is 1. The van der Waals surface area contributed by atoms with Crippen molar-refractivity contribution < 1.29 is 0 Å². The zero-order chi connectivity index (χ0) is 19.5. The highest BCUT2D eigenvalue weighted by molar-refractivity contribution is 7.10. The average Bonchev–Trinajstić information content (AvgIpc) is 3.02. The van der Waals surface area contributed by atoms with Crippen LogP contribution in [0.3, 0.4) is 0 Å². The van der Waals surface area contributed by atoms with Crippen LogP contribution in [0, 0.1) is 13.8 Å². The molecule has 1 heterocycles. The molecular weight excluding hydrogens is 360 g/mol. The van der Waals surface area contributed by atoms with Gasteiger partial charge in [0.25, 0.3) is 0 Å². The Hall–Kier alpha value is -2.26. The van der Waals surface area contributed by atoms with E-state index in [1.807, 2.05) is 13.1 Å². The summed E-state index contributed by atoms with van der Waals surface area (Å²) >= 11 is 1.77. The molecule has 1 aliphatic rings. The summed E-state index contributed by atoms with van der Waals surface area (Å²) in [4.78, 5) is 9.43. The molecule has 4 rings (SSSR count). The molecule has 2 nitrogen and oxygen atoms in total. The summed E-state index contributed by atoms with van der Waals surface area (Å²) in [5, 5.41) is 3.39. The number of nitrogens with zero attached hydrogens (tertiary/aromatic N) is 2. The smallest absolute Gasteiger partial charge is 0.0976 e. The number of hydrogen-bond donors (Lipinski definition) is 0. The van der Waals surface area contributed by atoms with Gasteiger partial charge >= 0.3 is 0 Å². The lowest BCUT2D eigenvalue weighted by atomic mass is 9.99. The van der Waals surface area contributed by atoms with Crippen LogP contribution in [0.2, 0.25) is 0 Å². The van der Waals surface area contributed by atoms with E-state index < -0.39 is 0 Å². The first kappa shape index (κ1) is 19.1. The third kappa shape index (κ3) is 4.10. The topological polar surface area (TPSA) is 25.2 Å². The Bertz CT molecular complexity index is 1010. The minimum Gasteiger partial charge on any atom is -0.261 e. The van der Waals surface area contributed by atoms with E-state index in [9.17, 15) is 0 Å². The van der Waals surface area contributed by atoms with Gasteiger partial charge in [-0.15, -0.1) is 11.3 Å². The molecule has 0 radical (unpaired) electrons. The molecule has 144 valence electrons. The van der Waals surface area contributed by atoms with Gasteiger partial charge in [0.15, 0.2) is 0 Å². The molecule has 2 aromatic carbocycles. The Morgan fingerprint density at radius 1 is 1.00 bits per heavy atom. The Morgan fingerprint density at radius 3 is 2.64 bits per heavy atom. The van der Waals surface area contributed by atoms with Crippen LogP contribution in [-0.2, 0) is 19.3 Å². The van der Waals surface area contributed by atoms with Gasteiger partial charge in [0.05, 0.1) is 16.4 Å². The van der Waals surface area contributed by atoms with E-state index in [0.717, 1.165) is 17.8 Å². The molecule has 0 bridgehead atoms. The maximum atomic E-state index is 4.97. The highest BCUT2D eigenvalue weighted by atomic mass is 32.1. The van der Waals surface area contributed by atoms with Crippen LogP contribution in [0.15, 0.2) is 40.7 Å². The van der Waals surface area contributed by atoms with Crippen LogP contribution >= 0.6 is 11.3 Å². The van der Waals surface area contributed by atoms with Gasteiger partial charge < -0.3 is 0 Å². The third-order valence-electron chi connectivity index (χ3n) is 5.71. The molecule has 28 heavy (non-hydrogen) atoms. The fraction of sp³-hybridized carbons (Fsp3) is 0.360. The van der Waals surface area contributed by atoms with Crippen LogP contribution in [-0.4, -0.2) is 11.2 Å². The molecule has 0 saturated heterocycles. The average molecular weight is 389 g/mol. The van der Waals surface area contributed by atoms with Crippen molar-refractivity contribution in [3.05, 3.63) is 68.5 Å². The second-order valence-corrected chi connectivity index (χ2v) is 8.74. The first-order valence-electron chi connectivity index (χ1n) is 10.3. The Morgan fingerprint density at radius 2 is 1.82 bits per heavy atom. The highest BCUT2D eigenvalue weighted by Gasteiger charge is 2.12. The van der Waals surface area contributed by atoms with Gasteiger partial charge in [0.1, 0.15) is 0 Å². The van der Waals surface area contributed by atoms with Crippen molar-refractivity contribution in [1.82, 2.24) is 4.98 Å². The number of hydrogen-bond acceptors (Lipinski definition) is 3. The summed E-state index contributed by atoms with van der Waals surface area (Å²) in [6.45, 7) is 6.26. The van der Waals surface area contributed by atoms with Crippen molar-refractivity contribution in [1.29, 1.82) is 0 Å². The summed E-state index contributed by atoms with van der Waals surface area (Å²) in [5.41, 5.74) is 10.4. The van der Waals surface area contributed by atoms with E-state index in [1.165, 1.54) is 70.5 Å². The molecule has 3 aromatic rings. The van der Waals surface area contributed by atoms with E-state index in [1.54, 1.807) is 11.3 Å². The third-order valence-corrected chi connectivity index (χ3v) is 6.56. The summed E-state index contributed by atoms with van der Waals surface area (Å²) < 4.78 is 0. The fourth-order valence-electron chi connectivity index (χ4n) is 4.09.